The van der Waals surface area contributed by atoms with E-state index in [4.69, 9.17) is 23.2 Å². The van der Waals surface area contributed by atoms with Gasteiger partial charge in [-0.15, -0.1) is 11.6 Å². The van der Waals surface area contributed by atoms with Crippen LogP contribution in [-0.4, -0.2) is 15.7 Å². The van der Waals surface area contributed by atoms with Crippen LogP contribution in [0.1, 0.15) is 12.0 Å². The zero-order valence-corrected chi connectivity index (χ0v) is 10.5. The molecular formula is C12H11Cl2FN2. The molecule has 0 saturated carbocycles. The van der Waals surface area contributed by atoms with E-state index >= 15 is 0 Å². The van der Waals surface area contributed by atoms with Gasteiger partial charge in [-0.2, -0.15) is 5.10 Å². The Morgan fingerprint density at radius 3 is 2.88 bits per heavy atom. The number of halogens is 3. The first-order valence-corrected chi connectivity index (χ1v) is 6.17. The van der Waals surface area contributed by atoms with Gasteiger partial charge in [0, 0.05) is 12.1 Å². The minimum absolute atomic E-state index is 0.284. The summed E-state index contributed by atoms with van der Waals surface area (Å²) in [6, 6.07) is 4.57. The highest BCUT2D eigenvalue weighted by Gasteiger charge is 2.10. The molecule has 5 heteroatoms. The van der Waals surface area contributed by atoms with E-state index in [0.29, 0.717) is 10.9 Å². The van der Waals surface area contributed by atoms with E-state index in [9.17, 15) is 4.39 Å². The lowest BCUT2D eigenvalue weighted by atomic mass is 10.2. The first-order chi connectivity index (χ1) is 8.22. The fraction of sp³-hybridized carbons (Fsp3) is 0.250. The molecule has 0 atom stereocenters. The molecular weight excluding hydrogens is 262 g/mol. The smallest absolute Gasteiger partial charge is 0.150 e. The topological polar surface area (TPSA) is 17.8 Å². The summed E-state index contributed by atoms with van der Waals surface area (Å²) in [6.45, 7) is 0. The summed E-state index contributed by atoms with van der Waals surface area (Å²) < 4.78 is 15.1. The minimum Gasteiger partial charge on any atom is -0.236 e. The average molecular weight is 273 g/mol. The van der Waals surface area contributed by atoms with E-state index in [1.165, 1.54) is 10.7 Å². The highest BCUT2D eigenvalue weighted by molar-refractivity contribution is 6.32. The Labute approximate surface area is 109 Å². The average Bonchev–Trinajstić information content (AvgIpc) is 2.75. The van der Waals surface area contributed by atoms with Gasteiger partial charge in [0.2, 0.25) is 0 Å². The molecule has 0 N–H and O–H groups in total. The van der Waals surface area contributed by atoms with E-state index in [1.54, 1.807) is 24.5 Å². The lowest BCUT2D eigenvalue weighted by Gasteiger charge is -2.04. The lowest BCUT2D eigenvalue weighted by molar-refractivity contribution is 0.611. The number of nitrogens with zero attached hydrogens (tertiary/aromatic N) is 2. The lowest BCUT2D eigenvalue weighted by Crippen LogP contribution is -1.98. The van der Waals surface area contributed by atoms with E-state index in [-0.39, 0.29) is 11.5 Å². The van der Waals surface area contributed by atoms with Crippen molar-refractivity contribution in [2.24, 2.45) is 0 Å². The SMILES string of the molecule is Fc1cccc(Cl)c1-n1cc(CCCCl)cn1. The number of hydrogen-bond donors (Lipinski definition) is 0. The summed E-state index contributed by atoms with van der Waals surface area (Å²) in [5.74, 6) is 0.218. The number of aryl methyl sites for hydroxylation is 1. The van der Waals surface area contributed by atoms with Gasteiger partial charge in [0.15, 0.2) is 0 Å². The van der Waals surface area contributed by atoms with Crippen molar-refractivity contribution in [3.05, 3.63) is 47.0 Å². The third-order valence-electron chi connectivity index (χ3n) is 2.40. The van der Waals surface area contributed by atoms with Crippen LogP contribution in [0.25, 0.3) is 5.69 Å². The first-order valence-electron chi connectivity index (χ1n) is 5.26. The molecule has 90 valence electrons. The standard InChI is InChI=1S/C12H11Cl2FN2/c13-6-2-3-9-7-16-17(8-9)12-10(14)4-1-5-11(12)15/h1,4-5,7-8H,2-3,6H2. The van der Waals surface area contributed by atoms with Crippen LogP contribution in [0.3, 0.4) is 0 Å². The molecule has 0 aliphatic carbocycles. The molecule has 0 bridgehead atoms. The molecule has 1 heterocycles. The highest BCUT2D eigenvalue weighted by atomic mass is 35.5. The van der Waals surface area contributed by atoms with Crippen LogP contribution >= 0.6 is 23.2 Å². The second-order valence-electron chi connectivity index (χ2n) is 3.66. The van der Waals surface area contributed by atoms with Crippen molar-refractivity contribution < 1.29 is 4.39 Å². The summed E-state index contributed by atoms with van der Waals surface area (Å²) in [4.78, 5) is 0. The van der Waals surface area contributed by atoms with Crippen LogP contribution in [-0.2, 0) is 6.42 Å². The number of aromatic nitrogens is 2. The fourth-order valence-corrected chi connectivity index (χ4v) is 1.97. The van der Waals surface area contributed by atoms with Crippen LogP contribution in [0.4, 0.5) is 4.39 Å². The van der Waals surface area contributed by atoms with Crippen molar-refractivity contribution in [1.82, 2.24) is 9.78 Å². The van der Waals surface area contributed by atoms with Crippen LogP contribution < -0.4 is 0 Å². The molecule has 1 aromatic heterocycles. The van der Waals surface area contributed by atoms with E-state index in [0.717, 1.165) is 18.4 Å². The molecule has 2 nitrogen and oxygen atoms in total. The quantitative estimate of drug-likeness (QED) is 0.774. The second-order valence-corrected chi connectivity index (χ2v) is 4.44. The number of benzene rings is 1. The molecule has 2 rings (SSSR count). The maximum atomic E-state index is 13.6. The van der Waals surface area contributed by atoms with Crippen LogP contribution in [0.15, 0.2) is 30.6 Å². The molecule has 0 aliphatic rings. The van der Waals surface area contributed by atoms with Crippen molar-refractivity contribution in [3.8, 4) is 5.69 Å². The predicted molar refractivity (Wildman–Crippen MR) is 67.6 cm³/mol. The third kappa shape index (κ3) is 2.79. The van der Waals surface area contributed by atoms with Crippen LogP contribution in [0.5, 0.6) is 0 Å². The molecule has 17 heavy (non-hydrogen) atoms. The summed E-state index contributed by atoms with van der Waals surface area (Å²) in [6.07, 6.45) is 5.18. The molecule has 0 amide bonds. The van der Waals surface area contributed by atoms with Crippen molar-refractivity contribution >= 4 is 23.2 Å². The molecule has 0 fully saturated rings. The summed E-state index contributed by atoms with van der Waals surface area (Å²) in [7, 11) is 0. The van der Waals surface area contributed by atoms with E-state index in [1.807, 2.05) is 0 Å². The monoisotopic (exact) mass is 272 g/mol. The molecule has 0 aliphatic heterocycles. The Bertz CT molecular complexity index is 491. The maximum Gasteiger partial charge on any atom is 0.150 e. The number of alkyl halides is 1. The fourth-order valence-electron chi connectivity index (χ4n) is 1.59. The van der Waals surface area contributed by atoms with Gasteiger partial charge in [0.25, 0.3) is 0 Å². The van der Waals surface area contributed by atoms with Gasteiger partial charge in [-0.1, -0.05) is 17.7 Å². The number of hydrogen-bond acceptors (Lipinski definition) is 1. The van der Waals surface area contributed by atoms with E-state index in [2.05, 4.69) is 5.10 Å². The normalized spacial score (nSPS) is 10.8. The molecule has 0 saturated heterocycles. The molecule has 1 aromatic carbocycles. The maximum absolute atomic E-state index is 13.6. The minimum atomic E-state index is -0.385. The van der Waals surface area contributed by atoms with Gasteiger partial charge in [-0.3, -0.25) is 0 Å². The van der Waals surface area contributed by atoms with Gasteiger partial charge in [0.05, 0.1) is 11.2 Å². The Hall–Kier alpha value is -1.06. The largest absolute Gasteiger partial charge is 0.236 e. The highest BCUT2D eigenvalue weighted by Crippen LogP contribution is 2.23. The summed E-state index contributed by atoms with van der Waals surface area (Å²) >= 11 is 11.6. The Morgan fingerprint density at radius 2 is 2.18 bits per heavy atom. The van der Waals surface area contributed by atoms with Crippen molar-refractivity contribution in [2.75, 3.05) is 5.88 Å². The van der Waals surface area contributed by atoms with Gasteiger partial charge >= 0.3 is 0 Å². The van der Waals surface area contributed by atoms with Crippen LogP contribution in [0.2, 0.25) is 5.02 Å². The molecule has 2 aromatic rings. The zero-order chi connectivity index (χ0) is 12.3. The Kier molecular flexibility index (Phi) is 4.02. The Balaban J connectivity index is 2.30. The van der Waals surface area contributed by atoms with Gasteiger partial charge < -0.3 is 0 Å². The first kappa shape index (κ1) is 12.4. The number of para-hydroxylation sites is 1. The third-order valence-corrected chi connectivity index (χ3v) is 2.97. The Morgan fingerprint density at radius 1 is 1.35 bits per heavy atom. The summed E-state index contributed by atoms with van der Waals surface area (Å²) in [5.41, 5.74) is 1.30. The van der Waals surface area contributed by atoms with Crippen molar-refractivity contribution in [2.45, 2.75) is 12.8 Å². The molecule has 0 radical (unpaired) electrons. The zero-order valence-electron chi connectivity index (χ0n) is 9.04. The van der Waals surface area contributed by atoms with Gasteiger partial charge in [-0.25, -0.2) is 9.07 Å². The van der Waals surface area contributed by atoms with Crippen molar-refractivity contribution in [1.29, 1.82) is 0 Å². The van der Waals surface area contributed by atoms with Gasteiger partial charge in [-0.05, 0) is 30.5 Å². The van der Waals surface area contributed by atoms with Crippen molar-refractivity contribution in [3.63, 3.8) is 0 Å². The van der Waals surface area contributed by atoms with E-state index < -0.39 is 0 Å². The van der Waals surface area contributed by atoms with Crippen LogP contribution in [0, 0.1) is 5.82 Å². The number of rotatable bonds is 4. The molecule has 0 unspecified atom stereocenters. The second kappa shape index (κ2) is 5.52. The summed E-state index contributed by atoms with van der Waals surface area (Å²) in [5, 5.41) is 4.45. The predicted octanol–water partition coefficient (Wildman–Crippen LogP) is 3.84. The van der Waals surface area contributed by atoms with Gasteiger partial charge in [0.1, 0.15) is 11.5 Å². The molecule has 0 spiro atoms.